The lowest BCUT2D eigenvalue weighted by atomic mass is 10.1. The molecule has 0 aliphatic carbocycles. The predicted octanol–water partition coefficient (Wildman–Crippen LogP) is 2.62. The summed E-state index contributed by atoms with van der Waals surface area (Å²) >= 11 is 0. The second kappa shape index (κ2) is 9.75. The molecule has 0 heterocycles. The Morgan fingerprint density at radius 2 is 1.52 bits per heavy atom. The van der Waals surface area contributed by atoms with E-state index in [0.717, 1.165) is 17.7 Å². The van der Waals surface area contributed by atoms with Gasteiger partial charge in [0.2, 0.25) is 10.0 Å². The SMILES string of the molecule is CN=C(NCc1cccc(CS(=O)(=O)NC)c1)NCc1cccc(C(F)(F)F)c1. The highest BCUT2D eigenvalue weighted by molar-refractivity contribution is 7.88. The van der Waals surface area contributed by atoms with Gasteiger partial charge in [-0.1, -0.05) is 36.4 Å². The third kappa shape index (κ3) is 7.39. The molecule has 0 aliphatic rings. The number of guanidine groups is 1. The minimum absolute atomic E-state index is 0.125. The largest absolute Gasteiger partial charge is 0.416 e. The van der Waals surface area contributed by atoms with Crippen LogP contribution in [0.25, 0.3) is 0 Å². The van der Waals surface area contributed by atoms with Gasteiger partial charge in [0.15, 0.2) is 5.96 Å². The van der Waals surface area contributed by atoms with E-state index in [9.17, 15) is 21.6 Å². The van der Waals surface area contributed by atoms with E-state index >= 15 is 0 Å². The summed E-state index contributed by atoms with van der Waals surface area (Å²) in [5.74, 6) is 0.288. The lowest BCUT2D eigenvalue weighted by Crippen LogP contribution is -2.36. The first-order chi connectivity index (χ1) is 13.6. The fourth-order valence-corrected chi connectivity index (χ4v) is 3.33. The van der Waals surface area contributed by atoms with Gasteiger partial charge in [0.1, 0.15) is 0 Å². The van der Waals surface area contributed by atoms with Crippen LogP contribution in [0.4, 0.5) is 13.2 Å². The van der Waals surface area contributed by atoms with Crippen LogP contribution >= 0.6 is 0 Å². The molecule has 0 spiro atoms. The molecule has 2 rings (SSSR count). The molecule has 6 nitrogen and oxygen atoms in total. The van der Waals surface area contributed by atoms with Gasteiger partial charge in [0.05, 0.1) is 11.3 Å². The second-order valence-electron chi connectivity index (χ2n) is 6.26. The van der Waals surface area contributed by atoms with Gasteiger partial charge in [-0.05, 0) is 35.9 Å². The number of nitrogens with one attached hydrogen (secondary N) is 3. The molecule has 0 aromatic heterocycles. The van der Waals surface area contributed by atoms with E-state index in [1.807, 2.05) is 6.07 Å². The highest BCUT2D eigenvalue weighted by atomic mass is 32.2. The molecule has 0 saturated heterocycles. The number of sulfonamides is 1. The summed E-state index contributed by atoms with van der Waals surface area (Å²) in [6.07, 6.45) is -4.39. The summed E-state index contributed by atoms with van der Waals surface area (Å²) in [5.41, 5.74) is 1.26. The Hall–Kier alpha value is -2.59. The third-order valence-electron chi connectivity index (χ3n) is 4.06. The zero-order valence-corrected chi connectivity index (χ0v) is 16.9. The number of rotatable bonds is 7. The minimum Gasteiger partial charge on any atom is -0.352 e. The molecule has 2 aromatic carbocycles. The predicted molar refractivity (Wildman–Crippen MR) is 107 cm³/mol. The Bertz CT molecular complexity index is 960. The van der Waals surface area contributed by atoms with E-state index in [0.29, 0.717) is 23.6 Å². The Kier molecular flexibility index (Phi) is 7.63. The maximum absolute atomic E-state index is 12.8. The zero-order valence-electron chi connectivity index (χ0n) is 16.0. The van der Waals surface area contributed by atoms with Crippen LogP contribution in [0.15, 0.2) is 53.5 Å². The number of hydrogen-bond acceptors (Lipinski definition) is 3. The van der Waals surface area contributed by atoms with E-state index in [1.54, 1.807) is 31.3 Å². The van der Waals surface area contributed by atoms with Crippen molar-refractivity contribution in [2.75, 3.05) is 14.1 Å². The van der Waals surface area contributed by atoms with Crippen molar-refractivity contribution in [1.29, 1.82) is 0 Å². The molecular formula is C19H23F3N4O2S. The van der Waals surface area contributed by atoms with Gasteiger partial charge >= 0.3 is 6.18 Å². The van der Waals surface area contributed by atoms with Crippen molar-refractivity contribution >= 4 is 16.0 Å². The van der Waals surface area contributed by atoms with Crippen LogP contribution < -0.4 is 15.4 Å². The molecule has 0 fully saturated rings. The molecule has 0 radical (unpaired) electrons. The maximum Gasteiger partial charge on any atom is 0.416 e. The fraction of sp³-hybridized carbons (Fsp3) is 0.316. The van der Waals surface area contributed by atoms with Crippen LogP contribution in [0.1, 0.15) is 22.3 Å². The first-order valence-electron chi connectivity index (χ1n) is 8.72. The summed E-state index contributed by atoms with van der Waals surface area (Å²) in [7, 11) is -0.450. The minimum atomic E-state index is -4.39. The summed E-state index contributed by atoms with van der Waals surface area (Å²) in [5, 5.41) is 6.02. The topological polar surface area (TPSA) is 82.6 Å². The molecule has 29 heavy (non-hydrogen) atoms. The van der Waals surface area contributed by atoms with Crippen LogP contribution in [-0.2, 0) is 35.0 Å². The van der Waals surface area contributed by atoms with Gasteiger partial charge in [-0.3, -0.25) is 4.99 Å². The van der Waals surface area contributed by atoms with E-state index in [-0.39, 0.29) is 12.3 Å². The van der Waals surface area contributed by atoms with E-state index in [4.69, 9.17) is 0 Å². The van der Waals surface area contributed by atoms with Gasteiger partial charge in [-0.15, -0.1) is 0 Å². The van der Waals surface area contributed by atoms with Crippen molar-refractivity contribution in [3.8, 4) is 0 Å². The molecule has 2 aromatic rings. The van der Waals surface area contributed by atoms with Crippen LogP contribution in [0.2, 0.25) is 0 Å². The molecular weight excluding hydrogens is 405 g/mol. The van der Waals surface area contributed by atoms with Crippen LogP contribution in [-0.4, -0.2) is 28.5 Å². The van der Waals surface area contributed by atoms with Gasteiger partial charge in [0, 0.05) is 20.1 Å². The quantitative estimate of drug-likeness (QED) is 0.468. The van der Waals surface area contributed by atoms with Crippen molar-refractivity contribution in [3.05, 3.63) is 70.8 Å². The Morgan fingerprint density at radius 3 is 2.07 bits per heavy atom. The average molecular weight is 428 g/mol. The normalized spacial score (nSPS) is 12.7. The summed E-state index contributed by atoms with van der Waals surface area (Å²) in [4.78, 5) is 4.05. The molecule has 0 aliphatic heterocycles. The molecule has 3 N–H and O–H groups in total. The summed E-state index contributed by atoms with van der Waals surface area (Å²) in [6.45, 7) is 0.541. The van der Waals surface area contributed by atoms with Gasteiger partial charge in [-0.2, -0.15) is 13.2 Å². The highest BCUT2D eigenvalue weighted by Crippen LogP contribution is 2.29. The van der Waals surface area contributed by atoms with Crippen molar-refractivity contribution in [3.63, 3.8) is 0 Å². The van der Waals surface area contributed by atoms with E-state index in [2.05, 4.69) is 20.3 Å². The lowest BCUT2D eigenvalue weighted by molar-refractivity contribution is -0.137. The number of nitrogens with zero attached hydrogens (tertiary/aromatic N) is 1. The standard InChI is InChI=1S/C19H23F3N4O2S/c1-23-18(26-12-15-6-4-8-17(10-15)19(20,21)22)25-11-14-5-3-7-16(9-14)13-29(27,28)24-2/h3-10,24H,11-13H2,1-2H3,(H2,23,25,26). The van der Waals surface area contributed by atoms with Crippen molar-refractivity contribution < 1.29 is 21.6 Å². The Balaban J connectivity index is 1.95. The van der Waals surface area contributed by atoms with Crippen molar-refractivity contribution in [2.45, 2.75) is 25.0 Å². The van der Waals surface area contributed by atoms with Crippen LogP contribution in [0.5, 0.6) is 0 Å². The number of alkyl halides is 3. The molecule has 0 atom stereocenters. The number of aliphatic imine (C=N–C) groups is 1. The van der Waals surface area contributed by atoms with Gasteiger partial charge in [0.25, 0.3) is 0 Å². The molecule has 0 unspecified atom stereocenters. The zero-order chi connectivity index (χ0) is 21.5. The smallest absolute Gasteiger partial charge is 0.352 e. The second-order valence-corrected chi connectivity index (χ2v) is 8.19. The lowest BCUT2D eigenvalue weighted by Gasteiger charge is -2.14. The van der Waals surface area contributed by atoms with Crippen molar-refractivity contribution in [1.82, 2.24) is 15.4 Å². The summed E-state index contributed by atoms with van der Waals surface area (Å²) < 4.78 is 64.0. The molecule has 10 heteroatoms. The van der Waals surface area contributed by atoms with E-state index in [1.165, 1.54) is 13.1 Å². The average Bonchev–Trinajstić information content (AvgIpc) is 2.67. The number of benzene rings is 2. The van der Waals surface area contributed by atoms with E-state index < -0.39 is 21.8 Å². The maximum atomic E-state index is 12.8. The molecule has 158 valence electrons. The van der Waals surface area contributed by atoms with Crippen LogP contribution in [0.3, 0.4) is 0 Å². The Labute approximate surface area is 168 Å². The Morgan fingerprint density at radius 1 is 0.966 bits per heavy atom. The highest BCUT2D eigenvalue weighted by Gasteiger charge is 2.30. The first-order valence-corrected chi connectivity index (χ1v) is 10.4. The third-order valence-corrected chi connectivity index (χ3v) is 5.39. The summed E-state index contributed by atoms with van der Waals surface area (Å²) in [6, 6.07) is 12.2. The van der Waals surface area contributed by atoms with Crippen LogP contribution in [0, 0.1) is 0 Å². The monoisotopic (exact) mass is 428 g/mol. The fourth-order valence-electron chi connectivity index (χ4n) is 2.57. The van der Waals surface area contributed by atoms with Gasteiger partial charge < -0.3 is 10.6 Å². The number of halogens is 3. The molecule has 0 bridgehead atoms. The molecule has 0 saturated carbocycles. The van der Waals surface area contributed by atoms with Gasteiger partial charge in [-0.25, -0.2) is 13.1 Å². The molecule has 0 amide bonds. The first kappa shape index (κ1) is 22.7. The number of hydrogen-bond donors (Lipinski definition) is 3. The van der Waals surface area contributed by atoms with Crippen molar-refractivity contribution in [2.24, 2.45) is 4.99 Å².